The van der Waals surface area contributed by atoms with E-state index in [-0.39, 0.29) is 18.2 Å². The number of amides is 1. The maximum atomic E-state index is 11.4. The highest BCUT2D eigenvalue weighted by molar-refractivity contribution is 5.67. The van der Waals surface area contributed by atoms with Crippen LogP contribution in [0.3, 0.4) is 0 Å². The number of nitrogens with zero attached hydrogens (tertiary/aromatic N) is 2. The maximum Gasteiger partial charge on any atom is 0.407 e. The molecule has 0 atom stereocenters. The van der Waals surface area contributed by atoms with Crippen molar-refractivity contribution in [1.29, 1.82) is 0 Å². The molecule has 22 heavy (non-hydrogen) atoms. The molecule has 8 nitrogen and oxygen atoms in total. The number of carbonyl (C=O) groups excluding carboxylic acids is 1. The number of hydrogen-bond acceptors (Lipinski definition) is 6. The average Bonchev–Trinajstić information content (AvgIpc) is 2.35. The van der Waals surface area contributed by atoms with E-state index in [1.54, 1.807) is 33.8 Å². The molecule has 0 aromatic carbocycles. The number of nitrogens with one attached hydrogen (secondary N) is 1. The summed E-state index contributed by atoms with van der Waals surface area (Å²) in [5.41, 5.74) is -0.0923. The van der Waals surface area contributed by atoms with Gasteiger partial charge in [-0.3, -0.25) is 10.1 Å². The summed E-state index contributed by atoms with van der Waals surface area (Å²) in [5.74, 6) is -0.0118. The van der Waals surface area contributed by atoms with Gasteiger partial charge in [0.25, 0.3) is 5.88 Å². The van der Waals surface area contributed by atoms with Gasteiger partial charge in [-0.2, -0.15) is 0 Å². The highest BCUT2D eigenvalue weighted by Gasteiger charge is 2.17. The monoisotopic (exact) mass is 311 g/mol. The van der Waals surface area contributed by atoms with Crippen molar-refractivity contribution in [2.45, 2.75) is 39.7 Å². The molecule has 1 heterocycles. The van der Waals surface area contributed by atoms with E-state index >= 15 is 0 Å². The van der Waals surface area contributed by atoms with Crippen molar-refractivity contribution in [1.82, 2.24) is 10.3 Å². The molecule has 0 unspecified atom stereocenters. The predicted octanol–water partition coefficient (Wildman–Crippen LogP) is 2.59. The first-order chi connectivity index (χ1) is 10.2. The van der Waals surface area contributed by atoms with Gasteiger partial charge < -0.3 is 14.8 Å². The van der Waals surface area contributed by atoms with Gasteiger partial charge in [0.15, 0.2) is 0 Å². The van der Waals surface area contributed by atoms with Crippen LogP contribution in [0.1, 0.15) is 32.9 Å². The normalized spacial score (nSPS) is 10.9. The standard InChI is InChI=1S/C14H21N3O5/c1-10-6-7-11(17(19)20)12(16-10)21-9-5-8-15-13(18)22-14(2,3)4/h6-7H,5,8-9H2,1-4H3,(H,15,18). The Balaban J connectivity index is 2.38. The van der Waals surface area contributed by atoms with Gasteiger partial charge in [-0.1, -0.05) is 0 Å². The SMILES string of the molecule is Cc1ccc([N+](=O)[O-])c(OCCCNC(=O)OC(C)(C)C)n1. The zero-order valence-electron chi connectivity index (χ0n) is 13.2. The van der Waals surface area contributed by atoms with E-state index in [2.05, 4.69) is 10.3 Å². The van der Waals surface area contributed by atoms with Crippen LogP contribution in [0.2, 0.25) is 0 Å². The summed E-state index contributed by atoms with van der Waals surface area (Å²) in [6.07, 6.45) is -0.0291. The van der Waals surface area contributed by atoms with Crippen LogP contribution in [0.4, 0.5) is 10.5 Å². The summed E-state index contributed by atoms with van der Waals surface area (Å²) in [6.45, 7) is 7.59. The van der Waals surface area contributed by atoms with Crippen molar-refractivity contribution in [3.05, 3.63) is 27.9 Å². The summed E-state index contributed by atoms with van der Waals surface area (Å²) < 4.78 is 10.4. The van der Waals surface area contributed by atoms with Crippen molar-refractivity contribution < 1.29 is 19.2 Å². The lowest BCUT2D eigenvalue weighted by molar-refractivity contribution is -0.386. The Kier molecular flexibility index (Phi) is 6.09. The summed E-state index contributed by atoms with van der Waals surface area (Å²) in [5, 5.41) is 13.4. The number of rotatable bonds is 6. The Morgan fingerprint density at radius 3 is 2.68 bits per heavy atom. The highest BCUT2D eigenvalue weighted by Crippen LogP contribution is 2.24. The fraction of sp³-hybridized carbons (Fsp3) is 0.571. The number of carbonyl (C=O) groups is 1. The molecule has 1 amide bonds. The molecule has 8 heteroatoms. The molecule has 0 aliphatic rings. The van der Waals surface area contributed by atoms with Crippen molar-refractivity contribution in [3.63, 3.8) is 0 Å². The lowest BCUT2D eigenvalue weighted by atomic mass is 10.2. The molecule has 0 saturated heterocycles. The Hall–Kier alpha value is -2.38. The molecular formula is C14H21N3O5. The first-order valence-electron chi connectivity index (χ1n) is 6.91. The Labute approximate surface area is 129 Å². The molecular weight excluding hydrogens is 290 g/mol. The fourth-order valence-electron chi connectivity index (χ4n) is 1.52. The molecule has 122 valence electrons. The third kappa shape index (κ3) is 6.38. The first kappa shape index (κ1) is 17.7. The second-order valence-electron chi connectivity index (χ2n) is 5.66. The van der Waals surface area contributed by atoms with Crippen LogP contribution in [0.15, 0.2) is 12.1 Å². The van der Waals surface area contributed by atoms with E-state index in [9.17, 15) is 14.9 Å². The van der Waals surface area contributed by atoms with Gasteiger partial charge >= 0.3 is 11.8 Å². The third-order valence-corrected chi connectivity index (χ3v) is 2.40. The predicted molar refractivity (Wildman–Crippen MR) is 80.0 cm³/mol. The summed E-state index contributed by atoms with van der Waals surface area (Å²) in [6, 6.07) is 2.91. The molecule has 0 fully saturated rings. The quantitative estimate of drug-likeness (QED) is 0.492. The molecule has 0 radical (unpaired) electrons. The fourth-order valence-corrected chi connectivity index (χ4v) is 1.52. The Bertz CT molecular complexity index is 540. The van der Waals surface area contributed by atoms with Gasteiger partial charge in [0.05, 0.1) is 11.5 Å². The third-order valence-electron chi connectivity index (χ3n) is 2.40. The molecule has 0 aliphatic carbocycles. The van der Waals surface area contributed by atoms with Gasteiger partial charge in [-0.15, -0.1) is 0 Å². The van der Waals surface area contributed by atoms with E-state index in [1.807, 2.05) is 0 Å². The smallest absolute Gasteiger partial charge is 0.407 e. The zero-order valence-corrected chi connectivity index (χ0v) is 13.2. The van der Waals surface area contributed by atoms with E-state index in [0.717, 1.165) is 0 Å². The van der Waals surface area contributed by atoms with Crippen LogP contribution in [-0.2, 0) is 4.74 Å². The average molecular weight is 311 g/mol. The van der Waals surface area contributed by atoms with Crippen LogP contribution in [0, 0.1) is 17.0 Å². The largest absolute Gasteiger partial charge is 0.473 e. The van der Waals surface area contributed by atoms with Crippen molar-refractivity contribution in [2.75, 3.05) is 13.2 Å². The molecule has 0 spiro atoms. The van der Waals surface area contributed by atoms with Gasteiger partial charge in [0.2, 0.25) is 0 Å². The summed E-state index contributed by atoms with van der Waals surface area (Å²) >= 11 is 0. The minimum Gasteiger partial charge on any atom is -0.473 e. The van der Waals surface area contributed by atoms with E-state index in [4.69, 9.17) is 9.47 Å². The van der Waals surface area contributed by atoms with Crippen molar-refractivity contribution in [2.24, 2.45) is 0 Å². The maximum absolute atomic E-state index is 11.4. The van der Waals surface area contributed by atoms with Gasteiger partial charge in [-0.05, 0) is 40.2 Å². The molecule has 0 aliphatic heterocycles. The second kappa shape index (κ2) is 7.58. The van der Waals surface area contributed by atoms with Gasteiger partial charge in [-0.25, -0.2) is 9.78 Å². The van der Waals surface area contributed by atoms with E-state index in [0.29, 0.717) is 18.7 Å². The lowest BCUT2D eigenvalue weighted by Gasteiger charge is -2.19. The summed E-state index contributed by atoms with van der Waals surface area (Å²) in [4.78, 5) is 25.7. The van der Waals surface area contributed by atoms with E-state index < -0.39 is 16.6 Å². The lowest BCUT2D eigenvalue weighted by Crippen LogP contribution is -2.33. The number of aryl methyl sites for hydroxylation is 1. The second-order valence-corrected chi connectivity index (χ2v) is 5.66. The minimum atomic E-state index is -0.549. The van der Waals surface area contributed by atoms with Crippen molar-refractivity contribution >= 4 is 11.8 Å². The number of alkyl carbamates (subject to hydrolysis) is 1. The van der Waals surface area contributed by atoms with Crippen molar-refractivity contribution in [3.8, 4) is 5.88 Å². The van der Waals surface area contributed by atoms with Crippen LogP contribution in [-0.4, -0.2) is 34.8 Å². The minimum absolute atomic E-state index is 0.0118. The van der Waals surface area contributed by atoms with Gasteiger partial charge in [0, 0.05) is 18.3 Å². The molecule has 1 aromatic rings. The number of ether oxygens (including phenoxy) is 2. The Morgan fingerprint density at radius 1 is 1.41 bits per heavy atom. The summed E-state index contributed by atoms with van der Waals surface area (Å²) in [7, 11) is 0. The number of aromatic nitrogens is 1. The van der Waals surface area contributed by atoms with Crippen LogP contribution in [0.5, 0.6) is 5.88 Å². The number of pyridine rings is 1. The van der Waals surface area contributed by atoms with Gasteiger partial charge in [0.1, 0.15) is 5.60 Å². The molecule has 0 saturated carbocycles. The molecule has 1 aromatic heterocycles. The number of hydrogen-bond donors (Lipinski definition) is 1. The zero-order chi connectivity index (χ0) is 16.8. The van der Waals surface area contributed by atoms with Crippen LogP contribution < -0.4 is 10.1 Å². The molecule has 0 bridgehead atoms. The number of nitro groups is 1. The van der Waals surface area contributed by atoms with Crippen LogP contribution in [0.25, 0.3) is 0 Å². The Morgan fingerprint density at radius 2 is 2.09 bits per heavy atom. The molecule has 1 rings (SSSR count). The first-order valence-corrected chi connectivity index (χ1v) is 6.91. The van der Waals surface area contributed by atoms with E-state index in [1.165, 1.54) is 6.07 Å². The van der Waals surface area contributed by atoms with Crippen LogP contribution >= 0.6 is 0 Å². The molecule has 1 N–H and O–H groups in total. The topological polar surface area (TPSA) is 104 Å². The highest BCUT2D eigenvalue weighted by atomic mass is 16.6.